The maximum atomic E-state index is 12.9. The van der Waals surface area contributed by atoms with Crippen LogP contribution in [0, 0.1) is 11.8 Å². The second kappa shape index (κ2) is 7.03. The maximum Gasteiger partial charge on any atom is 0.391 e. The van der Waals surface area contributed by atoms with Crippen molar-refractivity contribution >= 4 is 6.03 Å². The van der Waals surface area contributed by atoms with Crippen LogP contribution in [0.1, 0.15) is 50.1 Å². The van der Waals surface area contributed by atoms with Crippen LogP contribution < -0.4 is 10.6 Å². The number of carbonyl (C=O) groups excluding carboxylic acids is 1. The Morgan fingerprint density at radius 1 is 1.08 bits per heavy atom. The molecule has 6 heteroatoms. The van der Waals surface area contributed by atoms with Crippen molar-refractivity contribution in [1.29, 1.82) is 0 Å². The van der Waals surface area contributed by atoms with Crippen molar-refractivity contribution in [2.45, 2.75) is 56.8 Å². The topological polar surface area (TPSA) is 41.1 Å². The molecule has 0 heterocycles. The SMILES string of the molecule is O=C(NC1CCCC(C(F)(F)F)C1)NC(c1ccccc1)C1CC1. The Morgan fingerprint density at radius 3 is 2.42 bits per heavy atom. The van der Waals surface area contributed by atoms with Gasteiger partial charge in [-0.1, -0.05) is 36.8 Å². The summed E-state index contributed by atoms with van der Waals surface area (Å²) in [5, 5.41) is 5.72. The van der Waals surface area contributed by atoms with Gasteiger partial charge in [-0.15, -0.1) is 0 Å². The summed E-state index contributed by atoms with van der Waals surface area (Å²) in [5.74, 6) is -0.877. The van der Waals surface area contributed by atoms with E-state index in [0.717, 1.165) is 18.4 Å². The van der Waals surface area contributed by atoms with Gasteiger partial charge in [-0.05, 0) is 43.6 Å². The van der Waals surface area contributed by atoms with Gasteiger partial charge in [-0.25, -0.2) is 4.79 Å². The lowest BCUT2D eigenvalue weighted by molar-refractivity contribution is -0.183. The molecule has 3 atom stereocenters. The highest BCUT2D eigenvalue weighted by molar-refractivity contribution is 5.75. The zero-order chi connectivity index (χ0) is 17.2. The third-order valence-electron chi connectivity index (χ3n) is 5.01. The molecule has 3 rings (SSSR count). The lowest BCUT2D eigenvalue weighted by Crippen LogP contribution is -2.47. The van der Waals surface area contributed by atoms with Gasteiger partial charge in [0.1, 0.15) is 0 Å². The fraction of sp³-hybridized carbons (Fsp3) is 0.611. The molecule has 3 nitrogen and oxygen atoms in total. The predicted octanol–water partition coefficient (Wildman–Crippen LogP) is 4.56. The second-order valence-electron chi connectivity index (χ2n) is 6.95. The van der Waals surface area contributed by atoms with Gasteiger partial charge in [-0.2, -0.15) is 13.2 Å². The van der Waals surface area contributed by atoms with Gasteiger partial charge in [0, 0.05) is 6.04 Å². The molecule has 2 amide bonds. The Balaban J connectivity index is 1.56. The molecule has 3 unspecified atom stereocenters. The smallest absolute Gasteiger partial charge is 0.335 e. The summed E-state index contributed by atoms with van der Waals surface area (Å²) in [6, 6.07) is 8.91. The molecule has 1 aromatic rings. The van der Waals surface area contributed by atoms with Gasteiger partial charge in [-0.3, -0.25) is 0 Å². The Labute approximate surface area is 140 Å². The monoisotopic (exact) mass is 340 g/mol. The Morgan fingerprint density at radius 2 is 1.79 bits per heavy atom. The molecule has 0 saturated heterocycles. The zero-order valence-corrected chi connectivity index (χ0v) is 13.5. The first-order chi connectivity index (χ1) is 11.4. The first-order valence-corrected chi connectivity index (χ1v) is 8.62. The number of carbonyl (C=O) groups is 1. The third kappa shape index (κ3) is 4.42. The van der Waals surface area contributed by atoms with E-state index in [9.17, 15) is 18.0 Å². The average Bonchev–Trinajstić information content (AvgIpc) is 3.38. The Bertz CT molecular complexity index is 557. The first kappa shape index (κ1) is 17.1. The number of hydrogen-bond acceptors (Lipinski definition) is 1. The fourth-order valence-electron chi connectivity index (χ4n) is 3.55. The molecule has 0 spiro atoms. The molecule has 2 fully saturated rings. The van der Waals surface area contributed by atoms with Crippen LogP contribution in [-0.4, -0.2) is 18.2 Å². The highest BCUT2D eigenvalue weighted by Gasteiger charge is 2.42. The van der Waals surface area contributed by atoms with Crippen LogP contribution in [0.25, 0.3) is 0 Å². The van der Waals surface area contributed by atoms with E-state index in [1.807, 2.05) is 30.3 Å². The number of amides is 2. The molecule has 2 aliphatic carbocycles. The summed E-state index contributed by atoms with van der Waals surface area (Å²) < 4.78 is 38.6. The van der Waals surface area contributed by atoms with Gasteiger partial charge in [0.2, 0.25) is 0 Å². The number of benzene rings is 1. The van der Waals surface area contributed by atoms with Crippen molar-refractivity contribution in [2.24, 2.45) is 11.8 Å². The molecule has 24 heavy (non-hydrogen) atoms. The quantitative estimate of drug-likeness (QED) is 0.829. The fourth-order valence-corrected chi connectivity index (χ4v) is 3.55. The van der Waals surface area contributed by atoms with Crippen LogP contribution in [0.5, 0.6) is 0 Å². The van der Waals surface area contributed by atoms with E-state index in [-0.39, 0.29) is 24.9 Å². The molecular formula is C18H23F3N2O. The van der Waals surface area contributed by atoms with Crippen LogP contribution in [0.2, 0.25) is 0 Å². The van der Waals surface area contributed by atoms with Crippen molar-refractivity contribution in [3.05, 3.63) is 35.9 Å². The summed E-state index contributed by atoms with van der Waals surface area (Å²) >= 11 is 0. The van der Waals surface area contributed by atoms with Crippen molar-refractivity contribution in [3.63, 3.8) is 0 Å². The summed E-state index contributed by atoms with van der Waals surface area (Å²) in [7, 11) is 0. The van der Waals surface area contributed by atoms with Crippen LogP contribution in [0.3, 0.4) is 0 Å². The van der Waals surface area contributed by atoms with Crippen molar-refractivity contribution in [3.8, 4) is 0 Å². The van der Waals surface area contributed by atoms with E-state index < -0.39 is 18.1 Å². The number of hydrogen-bond donors (Lipinski definition) is 2. The number of rotatable bonds is 4. The number of alkyl halides is 3. The lowest BCUT2D eigenvalue weighted by atomic mass is 9.85. The van der Waals surface area contributed by atoms with Gasteiger partial charge < -0.3 is 10.6 Å². The van der Waals surface area contributed by atoms with Crippen molar-refractivity contribution < 1.29 is 18.0 Å². The van der Waals surface area contributed by atoms with Gasteiger partial charge >= 0.3 is 12.2 Å². The molecular weight excluding hydrogens is 317 g/mol. The van der Waals surface area contributed by atoms with Crippen LogP contribution in [-0.2, 0) is 0 Å². The minimum atomic E-state index is -4.17. The van der Waals surface area contributed by atoms with E-state index in [1.165, 1.54) is 0 Å². The van der Waals surface area contributed by atoms with E-state index >= 15 is 0 Å². The molecule has 2 aliphatic rings. The third-order valence-corrected chi connectivity index (χ3v) is 5.01. The Kier molecular flexibility index (Phi) is 5.01. The van der Waals surface area contributed by atoms with Crippen LogP contribution in [0.4, 0.5) is 18.0 Å². The highest BCUT2D eigenvalue weighted by atomic mass is 19.4. The minimum Gasteiger partial charge on any atom is -0.335 e. The van der Waals surface area contributed by atoms with Gasteiger partial charge in [0.05, 0.1) is 12.0 Å². The van der Waals surface area contributed by atoms with E-state index in [0.29, 0.717) is 18.8 Å². The normalized spacial score (nSPS) is 25.8. The van der Waals surface area contributed by atoms with Crippen LogP contribution >= 0.6 is 0 Å². The summed E-state index contributed by atoms with van der Waals surface area (Å²) in [4.78, 5) is 12.3. The van der Waals surface area contributed by atoms with E-state index in [2.05, 4.69) is 10.6 Å². The predicted molar refractivity (Wildman–Crippen MR) is 85.4 cm³/mol. The molecule has 2 saturated carbocycles. The number of urea groups is 1. The Hall–Kier alpha value is -1.72. The molecule has 2 N–H and O–H groups in total. The highest BCUT2D eigenvalue weighted by Crippen LogP contribution is 2.41. The number of nitrogens with one attached hydrogen (secondary N) is 2. The standard InChI is InChI=1S/C18H23F3N2O/c19-18(20,21)14-7-4-8-15(11-14)22-17(24)23-16(13-9-10-13)12-5-2-1-3-6-12/h1-3,5-6,13-16H,4,7-11H2,(H2,22,23,24). The van der Waals surface area contributed by atoms with Crippen molar-refractivity contribution in [1.82, 2.24) is 10.6 Å². The molecule has 0 bridgehead atoms. The molecule has 1 aromatic carbocycles. The summed E-state index contributed by atoms with van der Waals surface area (Å²) in [5.41, 5.74) is 1.05. The zero-order valence-electron chi connectivity index (χ0n) is 13.5. The maximum absolute atomic E-state index is 12.9. The van der Waals surface area contributed by atoms with Crippen LogP contribution in [0.15, 0.2) is 30.3 Å². The lowest BCUT2D eigenvalue weighted by Gasteiger charge is -2.31. The van der Waals surface area contributed by atoms with E-state index in [1.54, 1.807) is 0 Å². The van der Waals surface area contributed by atoms with E-state index in [4.69, 9.17) is 0 Å². The summed E-state index contributed by atoms with van der Waals surface area (Å²) in [6.45, 7) is 0. The average molecular weight is 340 g/mol. The summed E-state index contributed by atoms with van der Waals surface area (Å²) in [6.07, 6.45) is -0.774. The molecule has 0 radical (unpaired) electrons. The molecule has 132 valence electrons. The number of halogens is 3. The minimum absolute atomic E-state index is 0.0175. The molecule has 0 aromatic heterocycles. The largest absolute Gasteiger partial charge is 0.391 e. The van der Waals surface area contributed by atoms with Gasteiger partial charge in [0.25, 0.3) is 0 Å². The second-order valence-corrected chi connectivity index (χ2v) is 6.95. The van der Waals surface area contributed by atoms with Gasteiger partial charge in [0.15, 0.2) is 0 Å². The first-order valence-electron chi connectivity index (χ1n) is 8.62. The molecule has 0 aliphatic heterocycles. The van der Waals surface area contributed by atoms with Crippen molar-refractivity contribution in [2.75, 3.05) is 0 Å².